The van der Waals surface area contributed by atoms with Gasteiger partial charge >= 0.3 is 0 Å². The van der Waals surface area contributed by atoms with Gasteiger partial charge in [-0.1, -0.05) is 23.5 Å². The molecule has 0 aliphatic rings. The number of ether oxygens (including phenoxy) is 1. The zero-order chi connectivity index (χ0) is 9.42. The number of benzene rings is 1. The lowest BCUT2D eigenvalue weighted by molar-refractivity contribution is 0.420. The number of aromatic hydroxyl groups is 1. The zero-order valence-corrected chi connectivity index (χ0v) is 7.69. The molecule has 2 aromatic rings. The largest absolute Gasteiger partial charge is 0.497 e. The maximum atomic E-state index is 13.2. The quantitative estimate of drug-likeness (QED) is 0.763. The fourth-order valence-corrected chi connectivity index (χ4v) is 2.12. The van der Waals surface area contributed by atoms with Crippen LogP contribution in [0.1, 0.15) is 0 Å². The van der Waals surface area contributed by atoms with E-state index in [1.165, 1.54) is 7.11 Å². The first-order valence-corrected chi connectivity index (χ1v) is 4.49. The Bertz CT molecular complexity index is 450. The third kappa shape index (κ3) is 1.14. The molecule has 1 aromatic carbocycles. The lowest BCUT2D eigenvalue weighted by Crippen LogP contribution is -1.81. The molecule has 0 amide bonds. The maximum Gasteiger partial charge on any atom is 0.209 e. The predicted octanol–water partition coefficient (Wildman–Crippen LogP) is 2.75. The van der Waals surface area contributed by atoms with Gasteiger partial charge in [0.2, 0.25) is 5.06 Å². The first-order valence-electron chi connectivity index (χ1n) is 3.68. The summed E-state index contributed by atoms with van der Waals surface area (Å²) in [6.45, 7) is 0. The van der Waals surface area contributed by atoms with Crippen molar-refractivity contribution in [2.45, 2.75) is 0 Å². The molecular weight excluding hydrogens is 191 g/mol. The minimum absolute atomic E-state index is 0.292. The minimum atomic E-state index is -0.570. The minimum Gasteiger partial charge on any atom is -0.497 e. The lowest BCUT2D eigenvalue weighted by atomic mass is 10.2. The van der Waals surface area contributed by atoms with Crippen LogP contribution < -0.4 is 4.74 Å². The second-order valence-corrected chi connectivity index (χ2v) is 3.56. The summed E-state index contributed by atoms with van der Waals surface area (Å²) < 4.78 is 18.8. The van der Waals surface area contributed by atoms with Gasteiger partial charge in [-0.2, -0.15) is 0 Å². The summed E-state index contributed by atoms with van der Waals surface area (Å²) in [5, 5.41) is 9.26. The van der Waals surface area contributed by atoms with Gasteiger partial charge in [-0.05, 0) is 6.07 Å². The number of halogens is 1. The van der Waals surface area contributed by atoms with Gasteiger partial charge in [-0.15, -0.1) is 0 Å². The van der Waals surface area contributed by atoms with Crippen molar-refractivity contribution in [2.75, 3.05) is 7.11 Å². The SMILES string of the molecule is COc1cccc2c(F)c(O)sc12. The summed E-state index contributed by atoms with van der Waals surface area (Å²) in [6, 6.07) is 5.04. The van der Waals surface area contributed by atoms with Crippen molar-refractivity contribution >= 4 is 21.4 Å². The van der Waals surface area contributed by atoms with Crippen molar-refractivity contribution in [3.8, 4) is 10.8 Å². The van der Waals surface area contributed by atoms with Gasteiger partial charge in [0, 0.05) is 5.39 Å². The van der Waals surface area contributed by atoms with E-state index in [4.69, 9.17) is 9.84 Å². The van der Waals surface area contributed by atoms with Crippen LogP contribution in [0.5, 0.6) is 10.8 Å². The topological polar surface area (TPSA) is 29.5 Å². The van der Waals surface area contributed by atoms with E-state index in [0.29, 0.717) is 15.8 Å². The van der Waals surface area contributed by atoms with E-state index < -0.39 is 5.82 Å². The maximum absolute atomic E-state index is 13.2. The standard InChI is InChI=1S/C9H7FO2S/c1-12-6-4-2-3-5-7(10)9(11)13-8(5)6/h2-4,11H,1H3. The van der Waals surface area contributed by atoms with Crippen molar-refractivity contribution in [3.05, 3.63) is 24.0 Å². The van der Waals surface area contributed by atoms with Gasteiger partial charge in [0.1, 0.15) is 5.75 Å². The van der Waals surface area contributed by atoms with E-state index >= 15 is 0 Å². The molecular formula is C9H7FO2S. The molecule has 0 unspecified atom stereocenters. The average molecular weight is 198 g/mol. The smallest absolute Gasteiger partial charge is 0.209 e. The normalized spacial score (nSPS) is 10.6. The number of rotatable bonds is 1. The van der Waals surface area contributed by atoms with Gasteiger partial charge in [0.15, 0.2) is 5.82 Å². The highest BCUT2D eigenvalue weighted by molar-refractivity contribution is 7.21. The lowest BCUT2D eigenvalue weighted by Gasteiger charge is -1.98. The molecule has 13 heavy (non-hydrogen) atoms. The van der Waals surface area contributed by atoms with Crippen molar-refractivity contribution in [3.63, 3.8) is 0 Å². The van der Waals surface area contributed by atoms with Crippen LogP contribution in [0.15, 0.2) is 18.2 Å². The van der Waals surface area contributed by atoms with Gasteiger partial charge in [0.25, 0.3) is 0 Å². The van der Waals surface area contributed by atoms with Crippen LogP contribution in [-0.2, 0) is 0 Å². The van der Waals surface area contributed by atoms with Crippen LogP contribution >= 0.6 is 11.3 Å². The van der Waals surface area contributed by atoms with E-state index in [1.807, 2.05) is 0 Å². The van der Waals surface area contributed by atoms with Gasteiger partial charge in [0.05, 0.1) is 11.8 Å². The van der Waals surface area contributed by atoms with Crippen LogP contribution in [0, 0.1) is 5.82 Å². The van der Waals surface area contributed by atoms with Crippen molar-refractivity contribution in [1.82, 2.24) is 0 Å². The zero-order valence-electron chi connectivity index (χ0n) is 6.87. The molecule has 4 heteroatoms. The van der Waals surface area contributed by atoms with E-state index in [9.17, 15) is 4.39 Å². The number of thiophene rings is 1. The molecule has 1 heterocycles. The molecule has 0 aliphatic carbocycles. The highest BCUT2D eigenvalue weighted by atomic mass is 32.1. The van der Waals surface area contributed by atoms with Crippen molar-refractivity contribution < 1.29 is 14.2 Å². The molecule has 0 bridgehead atoms. The Kier molecular flexibility index (Phi) is 1.84. The Morgan fingerprint density at radius 3 is 2.92 bits per heavy atom. The summed E-state index contributed by atoms with van der Waals surface area (Å²) >= 11 is 0.986. The van der Waals surface area contributed by atoms with Crippen LogP contribution in [0.25, 0.3) is 10.1 Å². The molecule has 0 saturated carbocycles. The Morgan fingerprint density at radius 2 is 2.23 bits per heavy atom. The van der Waals surface area contributed by atoms with Crippen LogP contribution in [0.4, 0.5) is 4.39 Å². The van der Waals surface area contributed by atoms with Crippen LogP contribution in [0.3, 0.4) is 0 Å². The molecule has 1 N–H and O–H groups in total. The number of hydrogen-bond acceptors (Lipinski definition) is 3. The van der Waals surface area contributed by atoms with E-state index in [1.54, 1.807) is 18.2 Å². The average Bonchev–Trinajstić information content (AvgIpc) is 2.43. The molecule has 68 valence electrons. The second kappa shape index (κ2) is 2.88. The highest BCUT2D eigenvalue weighted by Crippen LogP contribution is 2.39. The molecule has 0 fully saturated rings. The molecule has 2 rings (SSSR count). The molecule has 0 atom stereocenters. The number of fused-ring (bicyclic) bond motifs is 1. The van der Waals surface area contributed by atoms with E-state index in [0.717, 1.165) is 11.3 Å². The summed E-state index contributed by atoms with van der Waals surface area (Å²) in [7, 11) is 1.52. The van der Waals surface area contributed by atoms with E-state index in [2.05, 4.69) is 0 Å². The first kappa shape index (κ1) is 8.31. The summed E-state index contributed by atoms with van der Waals surface area (Å²) in [5.74, 6) is 0.0144. The Hall–Kier alpha value is -1.29. The molecule has 2 nitrogen and oxygen atoms in total. The monoisotopic (exact) mass is 198 g/mol. The van der Waals surface area contributed by atoms with Crippen molar-refractivity contribution in [2.24, 2.45) is 0 Å². The van der Waals surface area contributed by atoms with Crippen LogP contribution in [-0.4, -0.2) is 12.2 Å². The Morgan fingerprint density at radius 1 is 1.46 bits per heavy atom. The predicted molar refractivity (Wildman–Crippen MR) is 50.0 cm³/mol. The summed E-state index contributed by atoms with van der Waals surface area (Å²) in [6.07, 6.45) is 0. The third-order valence-electron chi connectivity index (χ3n) is 1.82. The van der Waals surface area contributed by atoms with E-state index in [-0.39, 0.29) is 5.06 Å². The van der Waals surface area contributed by atoms with Gasteiger partial charge < -0.3 is 9.84 Å². The second-order valence-electron chi connectivity index (χ2n) is 2.56. The van der Waals surface area contributed by atoms with Gasteiger partial charge in [-0.25, -0.2) is 4.39 Å². The fraction of sp³-hybridized carbons (Fsp3) is 0.111. The molecule has 0 saturated heterocycles. The Balaban J connectivity index is 2.84. The van der Waals surface area contributed by atoms with Crippen molar-refractivity contribution in [1.29, 1.82) is 0 Å². The molecule has 0 spiro atoms. The summed E-state index contributed by atoms with van der Waals surface area (Å²) in [5.41, 5.74) is 0. The number of methoxy groups -OCH3 is 1. The first-order chi connectivity index (χ1) is 6.24. The van der Waals surface area contributed by atoms with Crippen LogP contribution in [0.2, 0.25) is 0 Å². The summed E-state index contributed by atoms with van der Waals surface area (Å²) in [4.78, 5) is 0. The Labute approximate surface area is 78.2 Å². The molecule has 1 aromatic heterocycles. The third-order valence-corrected chi connectivity index (χ3v) is 2.82. The van der Waals surface area contributed by atoms with Gasteiger partial charge in [-0.3, -0.25) is 0 Å². The number of hydrogen-bond donors (Lipinski definition) is 1. The molecule has 0 aliphatic heterocycles. The molecule has 0 radical (unpaired) electrons. The highest BCUT2D eigenvalue weighted by Gasteiger charge is 2.13. The fourth-order valence-electron chi connectivity index (χ4n) is 1.21.